The van der Waals surface area contributed by atoms with Crippen molar-refractivity contribution in [2.75, 3.05) is 6.54 Å². The number of ether oxygens (including phenoxy) is 1. The van der Waals surface area contributed by atoms with Crippen molar-refractivity contribution in [2.24, 2.45) is 5.92 Å². The highest BCUT2D eigenvalue weighted by Gasteiger charge is 2.19. The molecule has 2 nitrogen and oxygen atoms in total. The van der Waals surface area contributed by atoms with Gasteiger partial charge in [0.1, 0.15) is 11.9 Å². The van der Waals surface area contributed by atoms with Gasteiger partial charge in [-0.15, -0.1) is 0 Å². The van der Waals surface area contributed by atoms with Crippen molar-refractivity contribution in [3.05, 3.63) is 28.8 Å². The second-order valence-corrected chi connectivity index (χ2v) is 6.88. The first kappa shape index (κ1) is 16.3. The van der Waals surface area contributed by atoms with Crippen LogP contribution in [0.4, 0.5) is 0 Å². The van der Waals surface area contributed by atoms with Gasteiger partial charge in [-0.3, -0.25) is 0 Å². The van der Waals surface area contributed by atoms with Crippen LogP contribution in [0.3, 0.4) is 0 Å². The van der Waals surface area contributed by atoms with Gasteiger partial charge in [0.2, 0.25) is 0 Å². The standard InChI is InChI=1S/C16H26ClNO/c1-11(2)15(10-18-16(4,5)6)19-14-8-7-13(17)9-12(14)3/h7-9,11,15,18H,10H2,1-6H3. The highest BCUT2D eigenvalue weighted by atomic mass is 35.5. The zero-order valence-corrected chi connectivity index (χ0v) is 13.6. The summed E-state index contributed by atoms with van der Waals surface area (Å²) in [6.07, 6.45) is 0.152. The largest absolute Gasteiger partial charge is 0.489 e. The van der Waals surface area contributed by atoms with E-state index < -0.39 is 0 Å². The maximum atomic E-state index is 6.14. The number of hydrogen-bond acceptors (Lipinski definition) is 2. The van der Waals surface area contributed by atoms with Gasteiger partial charge in [0.15, 0.2) is 0 Å². The maximum Gasteiger partial charge on any atom is 0.122 e. The molecule has 1 aromatic carbocycles. The summed E-state index contributed by atoms with van der Waals surface area (Å²) in [5, 5.41) is 4.25. The Kier molecular flexibility index (Phi) is 5.69. The molecule has 1 rings (SSSR count). The third-order valence-electron chi connectivity index (χ3n) is 2.99. The number of hydrogen-bond donors (Lipinski definition) is 1. The molecule has 0 radical (unpaired) electrons. The zero-order valence-electron chi connectivity index (χ0n) is 12.9. The van der Waals surface area contributed by atoms with Crippen molar-refractivity contribution in [3.63, 3.8) is 0 Å². The summed E-state index contributed by atoms with van der Waals surface area (Å²) < 4.78 is 6.14. The molecule has 1 N–H and O–H groups in total. The Hall–Kier alpha value is -0.730. The topological polar surface area (TPSA) is 21.3 Å². The van der Waals surface area contributed by atoms with Crippen molar-refractivity contribution in [2.45, 2.75) is 53.2 Å². The molecule has 108 valence electrons. The number of rotatable bonds is 5. The van der Waals surface area contributed by atoms with E-state index in [0.717, 1.165) is 22.9 Å². The van der Waals surface area contributed by atoms with Crippen LogP contribution in [-0.4, -0.2) is 18.2 Å². The molecule has 1 unspecified atom stereocenters. The van der Waals surface area contributed by atoms with Crippen LogP contribution in [-0.2, 0) is 0 Å². The van der Waals surface area contributed by atoms with E-state index in [1.54, 1.807) is 0 Å². The lowest BCUT2D eigenvalue weighted by atomic mass is 10.0. The Balaban J connectivity index is 2.73. The van der Waals surface area contributed by atoms with Gasteiger partial charge in [-0.2, -0.15) is 0 Å². The quantitative estimate of drug-likeness (QED) is 0.862. The maximum absolute atomic E-state index is 6.14. The molecule has 1 aromatic rings. The molecule has 0 aliphatic carbocycles. The molecule has 0 aliphatic heterocycles. The van der Waals surface area contributed by atoms with Crippen molar-refractivity contribution in [1.29, 1.82) is 0 Å². The van der Waals surface area contributed by atoms with E-state index in [1.165, 1.54) is 0 Å². The predicted octanol–water partition coefficient (Wildman–Crippen LogP) is 4.44. The molecule has 3 heteroatoms. The molecule has 19 heavy (non-hydrogen) atoms. The first-order chi connectivity index (χ1) is 8.69. The average Bonchev–Trinajstić information content (AvgIpc) is 2.24. The second kappa shape index (κ2) is 6.62. The van der Waals surface area contributed by atoms with Crippen molar-refractivity contribution in [3.8, 4) is 5.75 Å². The molecular weight excluding hydrogens is 258 g/mol. The highest BCUT2D eigenvalue weighted by molar-refractivity contribution is 6.30. The summed E-state index contributed by atoms with van der Waals surface area (Å²) in [6, 6.07) is 5.76. The van der Waals surface area contributed by atoms with Gasteiger partial charge >= 0.3 is 0 Å². The van der Waals surface area contributed by atoms with Crippen molar-refractivity contribution < 1.29 is 4.74 Å². The molecule has 0 aromatic heterocycles. The lowest BCUT2D eigenvalue weighted by Crippen LogP contribution is -2.44. The van der Waals surface area contributed by atoms with E-state index in [9.17, 15) is 0 Å². The molecule has 0 heterocycles. The lowest BCUT2D eigenvalue weighted by Gasteiger charge is -2.28. The van der Waals surface area contributed by atoms with Gasteiger partial charge in [-0.05, 0) is 57.4 Å². The third-order valence-corrected chi connectivity index (χ3v) is 3.23. The third kappa shape index (κ3) is 5.84. The monoisotopic (exact) mass is 283 g/mol. The van der Waals surface area contributed by atoms with E-state index in [0.29, 0.717) is 5.92 Å². The van der Waals surface area contributed by atoms with Gasteiger partial charge in [-0.25, -0.2) is 0 Å². The van der Waals surface area contributed by atoms with Gasteiger partial charge in [0, 0.05) is 17.1 Å². The van der Waals surface area contributed by atoms with E-state index in [-0.39, 0.29) is 11.6 Å². The summed E-state index contributed by atoms with van der Waals surface area (Å²) in [4.78, 5) is 0. The molecule has 0 saturated carbocycles. The molecule has 0 fully saturated rings. The van der Waals surface area contributed by atoms with Crippen molar-refractivity contribution >= 4 is 11.6 Å². The van der Waals surface area contributed by atoms with E-state index in [2.05, 4.69) is 39.9 Å². The molecule has 1 atom stereocenters. The van der Waals surface area contributed by atoms with Crippen LogP contribution in [0.1, 0.15) is 40.2 Å². The Bertz CT molecular complexity index is 410. The predicted molar refractivity (Wildman–Crippen MR) is 83.2 cm³/mol. The summed E-state index contributed by atoms with van der Waals surface area (Å²) in [5.74, 6) is 1.36. The first-order valence-corrected chi connectivity index (χ1v) is 7.24. The minimum absolute atomic E-state index is 0.103. The van der Waals surface area contributed by atoms with Crippen LogP contribution in [0.25, 0.3) is 0 Å². The van der Waals surface area contributed by atoms with Gasteiger partial charge < -0.3 is 10.1 Å². The molecule has 0 aliphatic rings. The van der Waals surface area contributed by atoms with Crippen LogP contribution in [0.15, 0.2) is 18.2 Å². The van der Waals surface area contributed by atoms with Crippen molar-refractivity contribution in [1.82, 2.24) is 5.32 Å². The Labute approximate surface area is 122 Å². The fourth-order valence-corrected chi connectivity index (χ4v) is 1.96. The SMILES string of the molecule is Cc1cc(Cl)ccc1OC(CNC(C)(C)C)C(C)C. The fraction of sp³-hybridized carbons (Fsp3) is 0.625. The van der Waals surface area contributed by atoms with Gasteiger partial charge in [0.25, 0.3) is 0 Å². The van der Waals surface area contributed by atoms with Crippen LogP contribution in [0, 0.1) is 12.8 Å². The van der Waals surface area contributed by atoms with Crippen LogP contribution in [0.5, 0.6) is 5.75 Å². The Morgan fingerprint density at radius 3 is 2.37 bits per heavy atom. The minimum atomic E-state index is 0.103. The number of halogens is 1. The fourth-order valence-electron chi connectivity index (χ4n) is 1.73. The van der Waals surface area contributed by atoms with Gasteiger partial charge in [0.05, 0.1) is 0 Å². The number of benzene rings is 1. The lowest BCUT2D eigenvalue weighted by molar-refractivity contribution is 0.139. The number of aryl methyl sites for hydroxylation is 1. The molecule has 0 spiro atoms. The normalized spacial score (nSPS) is 13.7. The molecule has 0 amide bonds. The smallest absolute Gasteiger partial charge is 0.122 e. The second-order valence-electron chi connectivity index (χ2n) is 6.44. The molecule has 0 bridgehead atoms. The summed E-state index contributed by atoms with van der Waals surface area (Å²) in [7, 11) is 0. The Morgan fingerprint density at radius 1 is 1.26 bits per heavy atom. The minimum Gasteiger partial charge on any atom is -0.489 e. The van der Waals surface area contributed by atoms with E-state index >= 15 is 0 Å². The summed E-state index contributed by atoms with van der Waals surface area (Å²) in [6.45, 7) is 13.7. The summed E-state index contributed by atoms with van der Waals surface area (Å²) >= 11 is 5.97. The first-order valence-electron chi connectivity index (χ1n) is 6.87. The molecule has 0 saturated heterocycles. The molecular formula is C16H26ClNO. The van der Waals surface area contributed by atoms with E-state index in [4.69, 9.17) is 16.3 Å². The average molecular weight is 284 g/mol. The van der Waals surface area contributed by atoms with Crippen LogP contribution >= 0.6 is 11.6 Å². The highest BCUT2D eigenvalue weighted by Crippen LogP contribution is 2.24. The van der Waals surface area contributed by atoms with Gasteiger partial charge in [-0.1, -0.05) is 25.4 Å². The summed E-state index contributed by atoms with van der Waals surface area (Å²) in [5.41, 5.74) is 1.18. The van der Waals surface area contributed by atoms with E-state index in [1.807, 2.05) is 25.1 Å². The zero-order chi connectivity index (χ0) is 14.6. The Morgan fingerprint density at radius 2 is 1.89 bits per heavy atom. The number of nitrogens with one attached hydrogen (secondary N) is 1. The van der Waals surface area contributed by atoms with Crippen LogP contribution < -0.4 is 10.1 Å². The van der Waals surface area contributed by atoms with Crippen LogP contribution in [0.2, 0.25) is 5.02 Å².